The highest BCUT2D eigenvalue weighted by Crippen LogP contribution is 2.30. The highest BCUT2D eigenvalue weighted by Gasteiger charge is 2.49. The van der Waals surface area contributed by atoms with Gasteiger partial charge in [0, 0.05) is 6.04 Å². The summed E-state index contributed by atoms with van der Waals surface area (Å²) in [5.74, 6) is -1.65. The molecule has 2 aliphatic rings. The van der Waals surface area contributed by atoms with Gasteiger partial charge >= 0.3 is 12.6 Å². The van der Waals surface area contributed by atoms with Gasteiger partial charge in [-0.1, -0.05) is 12.1 Å². The van der Waals surface area contributed by atoms with Crippen LogP contribution in [0.5, 0.6) is 5.75 Å². The summed E-state index contributed by atoms with van der Waals surface area (Å²) in [5.41, 5.74) is -1.17. The number of imide groups is 1. The van der Waals surface area contributed by atoms with Crippen LogP contribution < -0.4 is 15.4 Å². The van der Waals surface area contributed by atoms with Gasteiger partial charge in [-0.2, -0.15) is 8.78 Å². The Kier molecular flexibility index (Phi) is 5.48. The number of sulfone groups is 1. The van der Waals surface area contributed by atoms with Crippen molar-refractivity contribution >= 4 is 27.7 Å². The summed E-state index contributed by atoms with van der Waals surface area (Å²) >= 11 is 0. The van der Waals surface area contributed by atoms with Crippen molar-refractivity contribution < 1.29 is 36.3 Å². The maximum atomic E-state index is 12.8. The second kappa shape index (κ2) is 7.58. The lowest BCUT2D eigenvalue weighted by molar-refractivity contribution is -0.135. The normalized spacial score (nSPS) is 25.9. The molecule has 0 saturated carbocycles. The number of alkyl halides is 2. The standard InChI is InChI=1S/C17H19F2N3O6S/c1-17(10-2-4-12(5-3-10)28-15(18)19)14(24)22(16(25)21-17)8-13(23)20-11-6-7-29(26,27)9-11/h2-5,11,15H,6-9H2,1H3,(H,20,23)(H,21,25)/t11-,17-/m0/s1. The molecule has 2 aliphatic heterocycles. The van der Waals surface area contributed by atoms with Crippen molar-refractivity contribution in [2.45, 2.75) is 31.5 Å². The molecule has 29 heavy (non-hydrogen) atoms. The van der Waals surface area contributed by atoms with E-state index in [0.717, 1.165) is 4.90 Å². The van der Waals surface area contributed by atoms with E-state index in [9.17, 15) is 31.6 Å². The van der Waals surface area contributed by atoms with E-state index in [0.29, 0.717) is 5.56 Å². The quantitative estimate of drug-likeness (QED) is 0.627. The van der Waals surface area contributed by atoms with Gasteiger partial charge in [-0.05, 0) is 31.0 Å². The molecule has 0 aliphatic carbocycles. The number of nitrogens with one attached hydrogen (secondary N) is 2. The first-order valence-electron chi connectivity index (χ1n) is 8.69. The van der Waals surface area contributed by atoms with Crippen LogP contribution in [-0.4, -0.2) is 61.9 Å². The first-order chi connectivity index (χ1) is 13.5. The van der Waals surface area contributed by atoms with E-state index in [1.165, 1.54) is 31.2 Å². The molecule has 9 nitrogen and oxygen atoms in total. The monoisotopic (exact) mass is 431 g/mol. The van der Waals surface area contributed by atoms with Gasteiger partial charge in [0.25, 0.3) is 5.91 Å². The zero-order chi connectivity index (χ0) is 21.4. The fraction of sp³-hybridized carbons (Fsp3) is 0.471. The molecule has 2 N–H and O–H groups in total. The number of nitrogens with zero attached hydrogens (tertiary/aromatic N) is 1. The molecule has 2 atom stereocenters. The molecule has 12 heteroatoms. The third-order valence-corrected chi connectivity index (χ3v) is 6.60. The molecule has 0 radical (unpaired) electrons. The van der Waals surface area contributed by atoms with Crippen LogP contribution in [0.4, 0.5) is 13.6 Å². The minimum atomic E-state index is -3.19. The number of benzene rings is 1. The number of urea groups is 1. The second-order valence-electron chi connectivity index (χ2n) is 7.02. The molecule has 3 rings (SSSR count). The Hall–Kier alpha value is -2.76. The SMILES string of the molecule is C[C@@]1(c2ccc(OC(F)F)cc2)NC(=O)N(CC(=O)N[C@H]2CCS(=O)(=O)C2)C1=O. The molecule has 2 heterocycles. The van der Waals surface area contributed by atoms with Gasteiger partial charge in [0.15, 0.2) is 9.84 Å². The average molecular weight is 431 g/mol. The maximum absolute atomic E-state index is 12.8. The van der Waals surface area contributed by atoms with Crippen LogP contribution in [0.2, 0.25) is 0 Å². The Balaban J connectivity index is 1.67. The largest absolute Gasteiger partial charge is 0.435 e. The first-order valence-corrected chi connectivity index (χ1v) is 10.5. The average Bonchev–Trinajstić information content (AvgIpc) is 3.06. The van der Waals surface area contributed by atoms with Crippen molar-refractivity contribution in [2.24, 2.45) is 0 Å². The van der Waals surface area contributed by atoms with Gasteiger partial charge in [0.1, 0.15) is 17.8 Å². The fourth-order valence-corrected chi connectivity index (χ4v) is 5.01. The molecular formula is C17H19F2N3O6S. The smallest absolute Gasteiger partial charge is 0.387 e. The third-order valence-electron chi connectivity index (χ3n) is 4.83. The van der Waals surface area contributed by atoms with Crippen molar-refractivity contribution in [3.8, 4) is 5.75 Å². The molecule has 0 bridgehead atoms. The van der Waals surface area contributed by atoms with E-state index in [4.69, 9.17) is 0 Å². The summed E-state index contributed by atoms with van der Waals surface area (Å²) in [6.45, 7) is -2.13. The molecule has 4 amide bonds. The molecule has 158 valence electrons. The van der Waals surface area contributed by atoms with Gasteiger partial charge < -0.3 is 15.4 Å². The van der Waals surface area contributed by atoms with Crippen LogP contribution in [0.15, 0.2) is 24.3 Å². The summed E-state index contributed by atoms with van der Waals surface area (Å²) in [6, 6.07) is 3.86. The lowest BCUT2D eigenvalue weighted by atomic mass is 9.92. The number of carbonyl (C=O) groups is 3. The Labute approximate surface area is 165 Å². The number of rotatable bonds is 6. The molecule has 0 aromatic heterocycles. The number of carbonyl (C=O) groups excluding carboxylic acids is 3. The number of hydrogen-bond acceptors (Lipinski definition) is 6. The summed E-state index contributed by atoms with van der Waals surface area (Å²) < 4.78 is 51.7. The molecule has 1 aromatic rings. The lowest BCUT2D eigenvalue weighted by Crippen LogP contribution is -2.45. The maximum Gasteiger partial charge on any atom is 0.387 e. The number of ether oxygens (including phenoxy) is 1. The van der Waals surface area contributed by atoms with Crippen molar-refractivity contribution in [1.29, 1.82) is 0 Å². The van der Waals surface area contributed by atoms with E-state index < -0.39 is 52.4 Å². The second-order valence-corrected chi connectivity index (χ2v) is 9.25. The highest BCUT2D eigenvalue weighted by atomic mass is 32.2. The highest BCUT2D eigenvalue weighted by molar-refractivity contribution is 7.91. The Morgan fingerprint density at radius 1 is 1.34 bits per heavy atom. The zero-order valence-corrected chi connectivity index (χ0v) is 16.2. The minimum absolute atomic E-state index is 0.0234. The molecular weight excluding hydrogens is 412 g/mol. The van der Waals surface area contributed by atoms with E-state index in [-0.39, 0.29) is 23.7 Å². The Bertz CT molecular complexity index is 937. The molecule has 0 unspecified atom stereocenters. The van der Waals surface area contributed by atoms with Crippen LogP contribution in [0, 0.1) is 0 Å². The van der Waals surface area contributed by atoms with Crippen molar-refractivity contribution in [3.05, 3.63) is 29.8 Å². The van der Waals surface area contributed by atoms with Gasteiger partial charge in [0.2, 0.25) is 5.91 Å². The topological polar surface area (TPSA) is 122 Å². The van der Waals surface area contributed by atoms with Crippen molar-refractivity contribution in [3.63, 3.8) is 0 Å². The number of amides is 4. The van der Waals surface area contributed by atoms with Crippen LogP contribution in [0.3, 0.4) is 0 Å². The summed E-state index contributed by atoms with van der Waals surface area (Å²) in [4.78, 5) is 38.0. The lowest BCUT2D eigenvalue weighted by Gasteiger charge is -2.22. The van der Waals surface area contributed by atoms with Crippen LogP contribution in [-0.2, 0) is 25.0 Å². The van der Waals surface area contributed by atoms with E-state index in [2.05, 4.69) is 15.4 Å². The molecule has 2 fully saturated rings. The van der Waals surface area contributed by atoms with Gasteiger partial charge in [-0.25, -0.2) is 13.2 Å². The van der Waals surface area contributed by atoms with Crippen LogP contribution in [0.1, 0.15) is 18.9 Å². The van der Waals surface area contributed by atoms with E-state index in [1.807, 2.05) is 0 Å². The first kappa shape index (κ1) is 21.0. The zero-order valence-electron chi connectivity index (χ0n) is 15.4. The third kappa shape index (κ3) is 4.47. The van der Waals surface area contributed by atoms with Gasteiger partial charge in [-0.15, -0.1) is 0 Å². The van der Waals surface area contributed by atoms with Gasteiger partial charge in [-0.3, -0.25) is 14.5 Å². The summed E-state index contributed by atoms with van der Waals surface area (Å²) in [6.07, 6.45) is 0.277. The summed E-state index contributed by atoms with van der Waals surface area (Å²) in [5, 5.41) is 5.01. The number of halogens is 2. The predicted molar refractivity (Wildman–Crippen MR) is 95.9 cm³/mol. The molecule has 0 spiro atoms. The molecule has 1 aromatic carbocycles. The Morgan fingerprint density at radius 2 is 2.00 bits per heavy atom. The number of hydrogen-bond donors (Lipinski definition) is 2. The van der Waals surface area contributed by atoms with Crippen molar-refractivity contribution in [1.82, 2.24) is 15.5 Å². The van der Waals surface area contributed by atoms with Crippen LogP contribution in [0.25, 0.3) is 0 Å². The van der Waals surface area contributed by atoms with Gasteiger partial charge in [0.05, 0.1) is 11.5 Å². The Morgan fingerprint density at radius 3 is 2.55 bits per heavy atom. The summed E-state index contributed by atoms with van der Waals surface area (Å²) in [7, 11) is -3.19. The van der Waals surface area contributed by atoms with E-state index >= 15 is 0 Å². The fourth-order valence-electron chi connectivity index (χ4n) is 3.33. The minimum Gasteiger partial charge on any atom is -0.435 e. The predicted octanol–water partition coefficient (Wildman–Crippen LogP) is 0.358. The van der Waals surface area contributed by atoms with Crippen LogP contribution >= 0.6 is 0 Å². The van der Waals surface area contributed by atoms with Crippen molar-refractivity contribution in [2.75, 3.05) is 18.1 Å². The van der Waals surface area contributed by atoms with E-state index in [1.54, 1.807) is 0 Å². The molecule has 2 saturated heterocycles.